The number of aromatic nitrogens is 2. The molecule has 0 amide bonds. The third-order valence-electron chi connectivity index (χ3n) is 8.96. The number of ether oxygens (including phenoxy) is 4. The van der Waals surface area contributed by atoms with Gasteiger partial charge in [0.05, 0.1) is 24.1 Å². The molecule has 2 aromatic heterocycles. The summed E-state index contributed by atoms with van der Waals surface area (Å²) in [5, 5.41) is 11.4. The number of nitrogens with zero attached hydrogens (tertiary/aromatic N) is 2. The van der Waals surface area contributed by atoms with Crippen LogP contribution in [0.25, 0.3) is 21.3 Å². The maximum Gasteiger partial charge on any atom is 0.348 e. The molecule has 2 heterocycles. The lowest BCUT2D eigenvalue weighted by atomic mass is 9.95. The van der Waals surface area contributed by atoms with Crippen molar-refractivity contribution in [1.29, 1.82) is 0 Å². The molecule has 59 heavy (non-hydrogen) atoms. The lowest BCUT2D eigenvalue weighted by molar-refractivity contribution is -0.163. The molecule has 0 saturated carbocycles. The number of rotatable bonds is 15. The van der Waals surface area contributed by atoms with Crippen LogP contribution in [0.5, 0.6) is 23.1 Å². The molecule has 4 aromatic carbocycles. The number of esters is 1. The molecule has 0 aliphatic rings. The lowest BCUT2D eigenvalue weighted by Gasteiger charge is -2.25. The summed E-state index contributed by atoms with van der Waals surface area (Å²) < 4.78 is 55.8. The molecule has 11 nitrogen and oxygen atoms in total. The van der Waals surface area contributed by atoms with Gasteiger partial charge in [0.25, 0.3) is 10.1 Å². The predicted octanol–water partition coefficient (Wildman–Crippen LogP) is 10.8. The van der Waals surface area contributed by atoms with E-state index in [0.717, 1.165) is 11.1 Å². The molecule has 0 fully saturated rings. The molecule has 0 saturated heterocycles. The SMILES string of the molecule is Cc1ccc(S(=O)(=O)OCCOc2c(Cl)c(C)c(-c3c(Br)sc4ncnc(O[C@H](Cc5cc(O)ccc5OCc5ccccc5)C(=O)OC(C)(C)C)c34)c(C)c2Cl)cc1. The van der Waals surface area contributed by atoms with Crippen LogP contribution in [0.1, 0.15) is 48.6 Å². The van der Waals surface area contributed by atoms with Crippen LogP contribution in [0.15, 0.2) is 87.8 Å². The minimum absolute atomic E-state index is 0.0181. The Balaban J connectivity index is 1.32. The molecule has 0 unspecified atom stereocenters. The second-order valence-corrected chi connectivity index (χ2v) is 19.2. The molecule has 310 valence electrons. The Hall–Kier alpha value is -4.44. The molecular formula is C43H41BrCl2N2O9S2. The van der Waals surface area contributed by atoms with E-state index in [0.29, 0.717) is 47.6 Å². The number of fused-ring (bicyclic) bond motifs is 1. The van der Waals surface area contributed by atoms with Gasteiger partial charge in [-0.15, -0.1) is 11.3 Å². The fourth-order valence-electron chi connectivity index (χ4n) is 6.17. The van der Waals surface area contributed by atoms with E-state index in [2.05, 4.69) is 25.9 Å². The molecule has 0 aliphatic heterocycles. The van der Waals surface area contributed by atoms with Crippen LogP contribution in [0.3, 0.4) is 0 Å². The van der Waals surface area contributed by atoms with Crippen molar-refractivity contribution in [1.82, 2.24) is 9.97 Å². The molecule has 6 aromatic rings. The smallest absolute Gasteiger partial charge is 0.348 e. The summed E-state index contributed by atoms with van der Waals surface area (Å²) in [5.41, 5.74) is 3.95. The van der Waals surface area contributed by atoms with Crippen molar-refractivity contribution < 1.29 is 41.4 Å². The summed E-state index contributed by atoms with van der Waals surface area (Å²) in [6.45, 7) is 10.5. The zero-order valence-corrected chi connectivity index (χ0v) is 37.7. The predicted molar refractivity (Wildman–Crippen MR) is 233 cm³/mol. The van der Waals surface area contributed by atoms with Gasteiger partial charge in [-0.1, -0.05) is 71.2 Å². The van der Waals surface area contributed by atoms with Crippen LogP contribution in [0, 0.1) is 20.8 Å². The van der Waals surface area contributed by atoms with Gasteiger partial charge in [-0.3, -0.25) is 4.18 Å². The third kappa shape index (κ3) is 10.5. The van der Waals surface area contributed by atoms with Gasteiger partial charge in [0.15, 0.2) is 5.75 Å². The van der Waals surface area contributed by atoms with Crippen LogP contribution in [-0.2, 0) is 36.9 Å². The monoisotopic (exact) mass is 942 g/mol. The van der Waals surface area contributed by atoms with Crippen molar-refractivity contribution in [2.24, 2.45) is 0 Å². The Bertz CT molecular complexity index is 2570. The highest BCUT2D eigenvalue weighted by molar-refractivity contribution is 9.11. The fraction of sp³-hybridized carbons (Fsp3) is 0.279. The molecule has 0 bridgehead atoms. The summed E-state index contributed by atoms with van der Waals surface area (Å²) in [4.78, 5) is 23.5. The highest BCUT2D eigenvalue weighted by Crippen LogP contribution is 2.51. The van der Waals surface area contributed by atoms with Crippen molar-refractivity contribution in [3.05, 3.63) is 121 Å². The Morgan fingerprint density at radius 2 is 1.58 bits per heavy atom. The minimum atomic E-state index is -4.01. The largest absolute Gasteiger partial charge is 0.508 e. The Morgan fingerprint density at radius 3 is 2.24 bits per heavy atom. The van der Waals surface area contributed by atoms with Crippen LogP contribution in [-0.4, -0.2) is 54.4 Å². The maximum absolute atomic E-state index is 13.9. The molecule has 6 rings (SSSR count). The second-order valence-electron chi connectivity index (χ2n) is 14.5. The van der Waals surface area contributed by atoms with Gasteiger partial charge < -0.3 is 24.1 Å². The van der Waals surface area contributed by atoms with Crippen molar-refractivity contribution in [3.63, 3.8) is 0 Å². The molecule has 1 N–H and O–H groups in total. The standard InChI is InChI=1S/C43H41BrCl2N2O9S2/c1-24-12-15-30(16-13-24)59(51,52)55-19-18-53-38-36(45)25(2)33(26(3)37(38)46)34-35-40(47-23-48-41(35)58-39(34)44)56-32(42(50)57-43(4,5)6)21-28-20-29(49)14-17-31(28)54-22-27-10-8-7-9-11-27/h7-17,20,23,32,49H,18-19,21-22H2,1-6H3/t32-/m1/s1. The van der Waals surface area contributed by atoms with Crippen molar-refractivity contribution in [3.8, 4) is 34.3 Å². The van der Waals surface area contributed by atoms with Gasteiger partial charge in [-0.25, -0.2) is 14.8 Å². The van der Waals surface area contributed by atoms with E-state index in [1.54, 1.807) is 52.8 Å². The van der Waals surface area contributed by atoms with Gasteiger partial charge in [0.1, 0.15) is 48.1 Å². The molecule has 0 radical (unpaired) electrons. The van der Waals surface area contributed by atoms with Crippen LogP contribution in [0.2, 0.25) is 10.0 Å². The summed E-state index contributed by atoms with van der Waals surface area (Å²) >= 11 is 18.9. The number of phenolic OH excluding ortho intramolecular Hbond substituents is 1. The average molecular weight is 945 g/mol. The van der Waals surface area contributed by atoms with Gasteiger partial charge in [-0.2, -0.15) is 8.42 Å². The Morgan fingerprint density at radius 1 is 0.898 bits per heavy atom. The average Bonchev–Trinajstić information content (AvgIpc) is 3.52. The maximum atomic E-state index is 13.9. The zero-order chi connectivity index (χ0) is 42.6. The van der Waals surface area contributed by atoms with Gasteiger partial charge in [-0.05, 0) is 110 Å². The highest BCUT2D eigenvalue weighted by atomic mass is 79.9. The molecule has 16 heteroatoms. The number of phenols is 1. The topological polar surface area (TPSA) is 143 Å². The van der Waals surface area contributed by atoms with Crippen molar-refractivity contribution >= 4 is 76.8 Å². The number of aromatic hydroxyl groups is 1. The van der Waals surface area contributed by atoms with E-state index in [9.17, 15) is 18.3 Å². The zero-order valence-electron chi connectivity index (χ0n) is 33.0. The summed E-state index contributed by atoms with van der Waals surface area (Å²) in [6, 6.07) is 20.6. The first-order valence-corrected chi connectivity index (χ1v) is 22.1. The Labute approximate surface area is 365 Å². The number of benzene rings is 4. The molecular weight excluding hydrogens is 903 g/mol. The molecule has 0 spiro atoms. The summed E-state index contributed by atoms with van der Waals surface area (Å²) in [5.74, 6) is 0.0256. The van der Waals surface area contributed by atoms with Crippen LogP contribution in [0.4, 0.5) is 0 Å². The highest BCUT2D eigenvalue weighted by Gasteiger charge is 2.32. The first kappa shape index (κ1) is 44.1. The fourth-order valence-corrected chi connectivity index (χ4v) is 9.32. The number of thiophene rings is 1. The Kier molecular flexibility index (Phi) is 13.8. The van der Waals surface area contributed by atoms with Gasteiger partial charge in [0, 0.05) is 17.5 Å². The number of hydrogen-bond acceptors (Lipinski definition) is 12. The van der Waals surface area contributed by atoms with E-state index < -0.39 is 27.8 Å². The molecule has 0 aliphatic carbocycles. The second kappa shape index (κ2) is 18.4. The number of carbonyl (C=O) groups excluding carboxylic acids is 1. The number of hydrogen-bond donors (Lipinski definition) is 1. The number of carbonyl (C=O) groups is 1. The van der Waals surface area contributed by atoms with Gasteiger partial charge in [0.2, 0.25) is 12.0 Å². The van der Waals surface area contributed by atoms with Crippen LogP contribution < -0.4 is 14.2 Å². The number of halogens is 3. The first-order chi connectivity index (χ1) is 27.9. The van der Waals surface area contributed by atoms with E-state index in [1.807, 2.05) is 37.3 Å². The third-order valence-corrected chi connectivity index (χ3v) is 13.0. The van der Waals surface area contributed by atoms with Crippen molar-refractivity contribution in [2.45, 2.75) is 71.2 Å². The lowest BCUT2D eigenvalue weighted by Crippen LogP contribution is -2.37. The quantitative estimate of drug-likeness (QED) is 0.0597. The summed E-state index contributed by atoms with van der Waals surface area (Å²) in [7, 11) is -4.01. The number of aryl methyl sites for hydroxylation is 1. The van der Waals surface area contributed by atoms with E-state index in [1.165, 1.54) is 41.9 Å². The van der Waals surface area contributed by atoms with E-state index in [-0.39, 0.29) is 58.6 Å². The first-order valence-electron chi connectivity index (χ1n) is 18.3. The normalized spacial score (nSPS) is 12.4. The van der Waals surface area contributed by atoms with Gasteiger partial charge >= 0.3 is 5.97 Å². The van der Waals surface area contributed by atoms with E-state index >= 15 is 0 Å². The van der Waals surface area contributed by atoms with Crippen molar-refractivity contribution in [2.75, 3.05) is 13.2 Å². The molecule has 1 atom stereocenters. The van der Waals surface area contributed by atoms with E-state index in [4.69, 9.17) is 46.3 Å². The summed E-state index contributed by atoms with van der Waals surface area (Å²) in [6.07, 6.45) is 0.0517. The minimum Gasteiger partial charge on any atom is -0.508 e. The van der Waals surface area contributed by atoms with Crippen LogP contribution >= 0.6 is 50.5 Å².